The van der Waals surface area contributed by atoms with E-state index in [1.807, 2.05) is 36.4 Å². The van der Waals surface area contributed by atoms with E-state index in [-0.39, 0.29) is 11.5 Å². The molecule has 4 nitrogen and oxygen atoms in total. The molecule has 0 saturated heterocycles. The molecule has 0 bridgehead atoms. The normalized spacial score (nSPS) is 10.6. The molecule has 0 aliphatic heterocycles. The van der Waals surface area contributed by atoms with Crippen molar-refractivity contribution in [3.05, 3.63) is 84.0 Å². The summed E-state index contributed by atoms with van der Waals surface area (Å²) in [5.41, 5.74) is 1.98. The molecule has 25 heavy (non-hydrogen) atoms. The van der Waals surface area contributed by atoms with Crippen LogP contribution >= 0.6 is 0 Å². The molecule has 2 aromatic carbocycles. The van der Waals surface area contributed by atoms with Crippen LogP contribution in [0.2, 0.25) is 0 Å². The van der Waals surface area contributed by atoms with Crippen LogP contribution in [0.3, 0.4) is 0 Å². The Morgan fingerprint density at radius 2 is 1.88 bits per heavy atom. The quantitative estimate of drug-likeness (QED) is 0.457. The smallest absolute Gasteiger partial charge is 0.261 e. The van der Waals surface area contributed by atoms with E-state index in [1.165, 1.54) is 0 Å². The van der Waals surface area contributed by atoms with Gasteiger partial charge in [0.05, 0.1) is 0 Å². The van der Waals surface area contributed by atoms with Gasteiger partial charge in [-0.1, -0.05) is 55.1 Å². The molecule has 0 saturated carbocycles. The molecular weight excluding hydrogens is 312 g/mol. The van der Waals surface area contributed by atoms with Crippen LogP contribution in [0.1, 0.15) is 11.1 Å². The summed E-state index contributed by atoms with van der Waals surface area (Å²) in [4.78, 5) is 12.1. The van der Waals surface area contributed by atoms with Gasteiger partial charge < -0.3 is 10.1 Å². The van der Waals surface area contributed by atoms with Gasteiger partial charge in [-0.2, -0.15) is 5.26 Å². The third-order valence-electron chi connectivity index (χ3n) is 3.47. The molecule has 1 amide bonds. The molecule has 126 valence electrons. The first kappa shape index (κ1) is 18.0. The van der Waals surface area contributed by atoms with E-state index in [9.17, 15) is 10.1 Å². The maximum Gasteiger partial charge on any atom is 0.261 e. The average Bonchev–Trinajstić information content (AvgIpc) is 2.66. The molecule has 2 rings (SSSR count). The number of rotatable bonds is 8. The van der Waals surface area contributed by atoms with Crippen molar-refractivity contribution in [1.82, 2.24) is 5.32 Å². The van der Waals surface area contributed by atoms with Gasteiger partial charge >= 0.3 is 0 Å². The molecule has 0 aliphatic rings. The Labute approximate surface area is 148 Å². The fourth-order valence-electron chi connectivity index (χ4n) is 2.19. The van der Waals surface area contributed by atoms with Gasteiger partial charge in [-0.3, -0.25) is 4.79 Å². The molecular formula is C21H20N2O2. The van der Waals surface area contributed by atoms with E-state index in [2.05, 4.69) is 11.9 Å². The second kappa shape index (κ2) is 9.74. The van der Waals surface area contributed by atoms with E-state index in [0.717, 1.165) is 17.5 Å². The Hall–Kier alpha value is -3.32. The third-order valence-corrected chi connectivity index (χ3v) is 3.47. The Balaban J connectivity index is 1.93. The molecule has 1 N–H and O–H groups in total. The highest BCUT2D eigenvalue weighted by Gasteiger charge is 2.08. The highest BCUT2D eigenvalue weighted by molar-refractivity contribution is 6.01. The number of nitriles is 1. The standard InChI is InChI=1S/C21H20N2O2/c1-2-14-25-20-10-8-18(9-11-20)15-19(16-22)21(24)23-13-12-17-6-4-3-5-7-17/h2-11,15H,1,12-14H2,(H,23,24)/b19-15+. The summed E-state index contributed by atoms with van der Waals surface area (Å²) in [5.74, 6) is 0.341. The largest absolute Gasteiger partial charge is 0.490 e. The van der Waals surface area contributed by atoms with Crippen molar-refractivity contribution in [1.29, 1.82) is 5.26 Å². The van der Waals surface area contributed by atoms with E-state index in [4.69, 9.17) is 4.74 Å². The fraction of sp³-hybridized carbons (Fsp3) is 0.143. The lowest BCUT2D eigenvalue weighted by Gasteiger charge is -2.05. The number of amides is 1. The van der Waals surface area contributed by atoms with Gasteiger partial charge in [0.2, 0.25) is 0 Å². The Bertz CT molecular complexity index is 772. The second-order valence-electron chi connectivity index (χ2n) is 5.33. The summed E-state index contributed by atoms with van der Waals surface area (Å²) < 4.78 is 5.40. The molecule has 0 fully saturated rings. The van der Waals surface area contributed by atoms with E-state index < -0.39 is 0 Å². The third kappa shape index (κ3) is 6.00. The summed E-state index contributed by atoms with van der Waals surface area (Å²) in [6.07, 6.45) is 3.96. The van der Waals surface area contributed by atoms with E-state index in [1.54, 1.807) is 36.4 Å². The topological polar surface area (TPSA) is 62.1 Å². The summed E-state index contributed by atoms with van der Waals surface area (Å²) in [5, 5.41) is 12.0. The van der Waals surface area contributed by atoms with Crippen LogP contribution in [-0.2, 0) is 11.2 Å². The number of nitrogens with one attached hydrogen (secondary N) is 1. The number of benzene rings is 2. The number of nitrogens with zero attached hydrogens (tertiary/aromatic N) is 1. The highest BCUT2D eigenvalue weighted by atomic mass is 16.5. The number of hydrogen-bond acceptors (Lipinski definition) is 3. The molecule has 0 heterocycles. The van der Waals surface area contributed by atoms with Crippen LogP contribution in [0, 0.1) is 11.3 Å². The minimum atomic E-state index is -0.370. The van der Waals surface area contributed by atoms with Crippen LogP contribution in [0.4, 0.5) is 0 Å². The number of ether oxygens (including phenoxy) is 1. The van der Waals surface area contributed by atoms with Crippen LogP contribution in [0.5, 0.6) is 5.75 Å². The molecule has 4 heteroatoms. The Morgan fingerprint density at radius 3 is 2.52 bits per heavy atom. The maximum absolute atomic E-state index is 12.1. The van der Waals surface area contributed by atoms with Crippen molar-refractivity contribution in [2.75, 3.05) is 13.2 Å². The Kier molecular flexibility index (Phi) is 7.02. The lowest BCUT2D eigenvalue weighted by Crippen LogP contribution is -2.26. The first-order valence-electron chi connectivity index (χ1n) is 8.00. The Morgan fingerprint density at radius 1 is 1.16 bits per heavy atom. The van der Waals surface area contributed by atoms with Gasteiger partial charge in [-0.05, 0) is 35.8 Å². The highest BCUT2D eigenvalue weighted by Crippen LogP contribution is 2.14. The van der Waals surface area contributed by atoms with Crippen LogP contribution < -0.4 is 10.1 Å². The summed E-state index contributed by atoms with van der Waals surface area (Å²) >= 11 is 0. The predicted molar refractivity (Wildman–Crippen MR) is 98.9 cm³/mol. The lowest BCUT2D eigenvalue weighted by atomic mass is 10.1. The molecule has 0 unspecified atom stereocenters. The summed E-state index contributed by atoms with van der Waals surface area (Å²) in [6, 6.07) is 19.0. The first-order valence-corrected chi connectivity index (χ1v) is 8.00. The summed E-state index contributed by atoms with van der Waals surface area (Å²) in [6.45, 7) is 4.51. The molecule has 0 aromatic heterocycles. The first-order chi connectivity index (χ1) is 12.2. The van der Waals surface area contributed by atoms with Crippen molar-refractivity contribution >= 4 is 12.0 Å². The van der Waals surface area contributed by atoms with Crippen molar-refractivity contribution < 1.29 is 9.53 Å². The molecule has 2 aromatic rings. The van der Waals surface area contributed by atoms with Gasteiger partial charge in [0.1, 0.15) is 24.0 Å². The average molecular weight is 332 g/mol. The van der Waals surface area contributed by atoms with Crippen LogP contribution in [0.25, 0.3) is 6.08 Å². The van der Waals surface area contributed by atoms with Crippen molar-refractivity contribution in [2.24, 2.45) is 0 Å². The number of hydrogen-bond donors (Lipinski definition) is 1. The molecule has 0 aliphatic carbocycles. The van der Waals surface area contributed by atoms with E-state index in [0.29, 0.717) is 18.9 Å². The van der Waals surface area contributed by atoms with Gasteiger partial charge in [-0.15, -0.1) is 0 Å². The van der Waals surface area contributed by atoms with Gasteiger partial charge in [0.15, 0.2) is 0 Å². The molecule has 0 atom stereocenters. The number of carbonyl (C=O) groups excluding carboxylic acids is 1. The monoisotopic (exact) mass is 332 g/mol. The van der Waals surface area contributed by atoms with Gasteiger partial charge in [-0.25, -0.2) is 0 Å². The maximum atomic E-state index is 12.1. The minimum absolute atomic E-state index is 0.0767. The molecule has 0 radical (unpaired) electrons. The zero-order valence-electron chi connectivity index (χ0n) is 13.9. The van der Waals surface area contributed by atoms with Gasteiger partial charge in [0, 0.05) is 6.54 Å². The van der Waals surface area contributed by atoms with E-state index >= 15 is 0 Å². The van der Waals surface area contributed by atoms with Crippen LogP contribution in [-0.4, -0.2) is 19.1 Å². The fourth-order valence-corrected chi connectivity index (χ4v) is 2.19. The lowest BCUT2D eigenvalue weighted by molar-refractivity contribution is -0.117. The SMILES string of the molecule is C=CCOc1ccc(/C=C(\C#N)C(=O)NCCc2ccccc2)cc1. The predicted octanol–water partition coefficient (Wildman–Crippen LogP) is 3.52. The van der Waals surface area contributed by atoms with Crippen molar-refractivity contribution in [3.8, 4) is 11.8 Å². The van der Waals surface area contributed by atoms with Crippen molar-refractivity contribution in [3.63, 3.8) is 0 Å². The zero-order chi connectivity index (χ0) is 17.9. The molecule has 0 spiro atoms. The van der Waals surface area contributed by atoms with Crippen LogP contribution in [0.15, 0.2) is 72.8 Å². The van der Waals surface area contributed by atoms with Crippen molar-refractivity contribution in [2.45, 2.75) is 6.42 Å². The second-order valence-corrected chi connectivity index (χ2v) is 5.33. The minimum Gasteiger partial charge on any atom is -0.490 e. The van der Waals surface area contributed by atoms with Gasteiger partial charge in [0.25, 0.3) is 5.91 Å². The summed E-state index contributed by atoms with van der Waals surface area (Å²) in [7, 11) is 0. The number of carbonyl (C=O) groups is 1. The zero-order valence-corrected chi connectivity index (χ0v) is 13.9.